The van der Waals surface area contributed by atoms with Crippen LogP contribution in [0.5, 0.6) is 11.5 Å². The fourth-order valence-corrected chi connectivity index (χ4v) is 3.52. The Hall–Kier alpha value is -2.67. The topological polar surface area (TPSA) is 67.9 Å². The van der Waals surface area contributed by atoms with Crippen LogP contribution in [0.25, 0.3) is 6.08 Å². The van der Waals surface area contributed by atoms with Crippen molar-refractivity contribution < 1.29 is 19.1 Å². The zero-order valence-corrected chi connectivity index (χ0v) is 18.1. The molecule has 9 heteroatoms. The average molecular weight is 468 g/mol. The molecule has 2 aromatic rings. The molecule has 30 heavy (non-hydrogen) atoms. The van der Waals surface area contributed by atoms with Gasteiger partial charge in [-0.25, -0.2) is 4.79 Å². The summed E-state index contributed by atoms with van der Waals surface area (Å²) < 4.78 is 11.2. The quantitative estimate of drug-likeness (QED) is 0.340. The summed E-state index contributed by atoms with van der Waals surface area (Å²) >= 11 is 18.5. The second-order valence-electron chi connectivity index (χ2n) is 6.25. The van der Waals surface area contributed by atoms with Crippen molar-refractivity contribution >= 4 is 52.8 Å². The third kappa shape index (κ3) is 4.73. The van der Waals surface area contributed by atoms with Crippen LogP contribution in [-0.2, 0) is 11.4 Å². The average Bonchev–Trinajstić information content (AvgIpc) is 2.95. The van der Waals surface area contributed by atoms with E-state index < -0.39 is 11.9 Å². The molecule has 3 amide bonds. The first-order chi connectivity index (χ1) is 14.3. The number of amides is 3. The third-order valence-electron chi connectivity index (χ3n) is 4.22. The second-order valence-corrected chi connectivity index (χ2v) is 7.50. The molecule has 0 saturated carbocycles. The van der Waals surface area contributed by atoms with E-state index in [4.69, 9.17) is 44.3 Å². The lowest BCUT2D eigenvalue weighted by Crippen LogP contribution is -2.30. The Balaban J connectivity index is 1.84. The van der Waals surface area contributed by atoms with Gasteiger partial charge in [0.15, 0.2) is 11.5 Å². The van der Waals surface area contributed by atoms with E-state index in [0.29, 0.717) is 27.1 Å². The molecule has 0 spiro atoms. The van der Waals surface area contributed by atoms with Crippen LogP contribution in [0, 0.1) is 0 Å². The molecule has 0 unspecified atom stereocenters. The fourth-order valence-electron chi connectivity index (χ4n) is 2.79. The predicted octanol–water partition coefficient (Wildman–Crippen LogP) is 5.31. The van der Waals surface area contributed by atoms with Gasteiger partial charge in [-0.1, -0.05) is 46.9 Å². The molecule has 1 aliphatic heterocycles. The Morgan fingerprint density at radius 1 is 1.13 bits per heavy atom. The van der Waals surface area contributed by atoms with Crippen molar-refractivity contribution in [3.8, 4) is 11.5 Å². The van der Waals surface area contributed by atoms with Crippen LogP contribution in [0.3, 0.4) is 0 Å². The molecule has 1 N–H and O–H groups in total. The molecule has 0 aliphatic carbocycles. The largest absolute Gasteiger partial charge is 0.493 e. The number of urea groups is 1. The van der Waals surface area contributed by atoms with Gasteiger partial charge in [-0.05, 0) is 35.9 Å². The van der Waals surface area contributed by atoms with E-state index in [1.165, 1.54) is 19.3 Å². The summed E-state index contributed by atoms with van der Waals surface area (Å²) in [5.41, 5.74) is 1.41. The number of halogens is 3. The van der Waals surface area contributed by atoms with Crippen molar-refractivity contribution in [1.29, 1.82) is 0 Å². The third-order valence-corrected chi connectivity index (χ3v) is 5.09. The molecule has 2 aromatic carbocycles. The fraction of sp³-hybridized carbons (Fsp3) is 0.143. The zero-order valence-electron chi connectivity index (χ0n) is 15.9. The number of methoxy groups -OCH3 is 1. The van der Waals surface area contributed by atoms with Crippen molar-refractivity contribution in [2.45, 2.75) is 6.61 Å². The number of benzene rings is 2. The zero-order chi connectivity index (χ0) is 21.8. The van der Waals surface area contributed by atoms with E-state index >= 15 is 0 Å². The van der Waals surface area contributed by atoms with Crippen LogP contribution in [0.2, 0.25) is 15.1 Å². The molecule has 0 atom stereocenters. The van der Waals surface area contributed by atoms with Gasteiger partial charge in [0.25, 0.3) is 5.91 Å². The Morgan fingerprint density at radius 2 is 1.90 bits per heavy atom. The molecule has 1 aliphatic rings. The first kappa shape index (κ1) is 22.0. The summed E-state index contributed by atoms with van der Waals surface area (Å²) in [7, 11) is 1.47. The lowest BCUT2D eigenvalue weighted by atomic mass is 10.1. The van der Waals surface area contributed by atoms with Crippen molar-refractivity contribution in [2.24, 2.45) is 0 Å². The number of carbonyl (C=O) groups excluding carboxylic acids is 2. The number of rotatable bonds is 7. The van der Waals surface area contributed by atoms with Crippen molar-refractivity contribution in [3.63, 3.8) is 0 Å². The Morgan fingerprint density at radius 3 is 2.57 bits per heavy atom. The summed E-state index contributed by atoms with van der Waals surface area (Å²) in [4.78, 5) is 25.3. The standard InChI is InChI=1S/C21H17Cl3N2O4/c1-3-6-26-20(27)17(25-21(26)28)8-12-7-16(24)19(18(9-12)29-2)30-11-13-4-5-14(22)10-15(13)23/h3-5,7-10H,1,6,11H2,2H3,(H,25,28)/b17-8+. The molecule has 6 nitrogen and oxygen atoms in total. The summed E-state index contributed by atoms with van der Waals surface area (Å²) in [5, 5.41) is 3.79. The van der Waals surface area contributed by atoms with Gasteiger partial charge < -0.3 is 14.8 Å². The van der Waals surface area contributed by atoms with Gasteiger partial charge in [0.1, 0.15) is 12.3 Å². The minimum Gasteiger partial charge on any atom is -0.493 e. The van der Waals surface area contributed by atoms with Crippen molar-refractivity contribution in [2.75, 3.05) is 13.7 Å². The SMILES string of the molecule is C=CCN1C(=O)N/C(=C/c2cc(Cl)c(OCc3ccc(Cl)cc3Cl)c(OC)c2)C1=O. The summed E-state index contributed by atoms with van der Waals surface area (Å²) in [6, 6.07) is 7.83. The smallest absolute Gasteiger partial charge is 0.329 e. The van der Waals surface area contributed by atoms with Gasteiger partial charge in [-0.15, -0.1) is 6.58 Å². The van der Waals surface area contributed by atoms with Crippen LogP contribution in [0.4, 0.5) is 4.79 Å². The number of imide groups is 1. The second kappa shape index (κ2) is 9.43. The summed E-state index contributed by atoms with van der Waals surface area (Å²) in [6.07, 6.45) is 2.98. The molecular formula is C21H17Cl3N2O4. The van der Waals surface area contributed by atoms with E-state index in [9.17, 15) is 9.59 Å². The highest BCUT2D eigenvalue weighted by atomic mass is 35.5. The Kier molecular flexibility index (Phi) is 6.92. The molecular weight excluding hydrogens is 451 g/mol. The molecule has 0 radical (unpaired) electrons. The van der Waals surface area contributed by atoms with E-state index in [2.05, 4.69) is 11.9 Å². The van der Waals surface area contributed by atoms with E-state index in [1.54, 1.807) is 30.3 Å². The number of nitrogens with one attached hydrogen (secondary N) is 1. The number of hydrogen-bond donors (Lipinski definition) is 1. The van der Waals surface area contributed by atoms with Crippen molar-refractivity contribution in [1.82, 2.24) is 10.2 Å². The maximum Gasteiger partial charge on any atom is 0.329 e. The van der Waals surface area contributed by atoms with Crippen molar-refractivity contribution in [3.05, 3.63) is 74.9 Å². The predicted molar refractivity (Wildman–Crippen MR) is 117 cm³/mol. The molecule has 0 bridgehead atoms. The highest BCUT2D eigenvalue weighted by molar-refractivity contribution is 6.35. The van der Waals surface area contributed by atoms with Crippen LogP contribution in [-0.4, -0.2) is 30.5 Å². The maximum atomic E-state index is 12.3. The number of ether oxygens (including phenoxy) is 2. The van der Waals surface area contributed by atoms with Gasteiger partial charge in [-0.3, -0.25) is 9.69 Å². The maximum absolute atomic E-state index is 12.3. The molecule has 1 heterocycles. The van der Waals surface area contributed by atoms with E-state index in [1.807, 2.05) is 0 Å². The highest BCUT2D eigenvalue weighted by Crippen LogP contribution is 2.38. The molecule has 3 rings (SSSR count). The van der Waals surface area contributed by atoms with Gasteiger partial charge in [0.05, 0.1) is 12.1 Å². The number of hydrogen-bond acceptors (Lipinski definition) is 4. The monoisotopic (exact) mass is 466 g/mol. The normalized spacial score (nSPS) is 14.8. The first-order valence-electron chi connectivity index (χ1n) is 8.73. The molecule has 1 saturated heterocycles. The molecule has 0 aromatic heterocycles. The number of nitrogens with zero attached hydrogens (tertiary/aromatic N) is 1. The Labute approximate surface area is 188 Å². The lowest BCUT2D eigenvalue weighted by molar-refractivity contribution is -0.122. The number of carbonyl (C=O) groups is 2. The van der Waals surface area contributed by atoms with Gasteiger partial charge in [-0.2, -0.15) is 0 Å². The van der Waals surface area contributed by atoms with E-state index in [0.717, 1.165) is 10.5 Å². The van der Waals surface area contributed by atoms with Crippen LogP contribution in [0.15, 0.2) is 48.7 Å². The van der Waals surface area contributed by atoms with Gasteiger partial charge in [0.2, 0.25) is 0 Å². The summed E-state index contributed by atoms with van der Waals surface area (Å²) in [6.45, 7) is 3.81. The Bertz CT molecular complexity index is 1050. The van der Waals surface area contributed by atoms with Gasteiger partial charge in [0, 0.05) is 22.2 Å². The van der Waals surface area contributed by atoms with E-state index in [-0.39, 0.29) is 23.9 Å². The van der Waals surface area contributed by atoms with Crippen LogP contribution >= 0.6 is 34.8 Å². The molecule has 1 fully saturated rings. The minimum atomic E-state index is -0.510. The lowest BCUT2D eigenvalue weighted by Gasteiger charge is -2.14. The van der Waals surface area contributed by atoms with Crippen LogP contribution in [0.1, 0.15) is 11.1 Å². The van der Waals surface area contributed by atoms with Crippen LogP contribution < -0.4 is 14.8 Å². The minimum absolute atomic E-state index is 0.117. The first-order valence-corrected chi connectivity index (χ1v) is 9.87. The highest BCUT2D eigenvalue weighted by Gasteiger charge is 2.32. The summed E-state index contributed by atoms with van der Waals surface area (Å²) in [5.74, 6) is 0.231. The molecule has 156 valence electrons. The van der Waals surface area contributed by atoms with Gasteiger partial charge >= 0.3 is 6.03 Å².